The molecule has 2 rings (SSSR count). The van der Waals surface area contributed by atoms with Crippen LogP contribution in [-0.2, 0) is 0 Å². The third-order valence-corrected chi connectivity index (χ3v) is 5.78. The van der Waals surface area contributed by atoms with Gasteiger partial charge in [-0.3, -0.25) is 0 Å². The molecule has 1 nitrogen and oxygen atoms in total. The van der Waals surface area contributed by atoms with Gasteiger partial charge in [0.1, 0.15) is 0 Å². The molecule has 1 saturated heterocycles. The number of aryl methyl sites for hydroxylation is 1. The van der Waals surface area contributed by atoms with Crippen LogP contribution in [0.3, 0.4) is 0 Å². The van der Waals surface area contributed by atoms with Crippen LogP contribution in [0.2, 0.25) is 0 Å². The fraction of sp³-hybridized carbons (Fsp3) is 0.750. The predicted octanol–water partition coefficient (Wildman–Crippen LogP) is 4.23. The predicted molar refractivity (Wildman–Crippen MR) is 70.0 cm³/mol. The molecule has 0 aromatic carbocycles. The Hall–Kier alpha value is -0.0200. The van der Waals surface area contributed by atoms with Gasteiger partial charge in [-0.25, -0.2) is 4.98 Å². The number of nitrogens with zero attached hydrogens (tertiary/aromatic N) is 1. The van der Waals surface area contributed by atoms with Crippen LogP contribution in [0.15, 0.2) is 5.38 Å². The standard InChI is InChI=1S/C12H19NS2/c1-4-12(3)7-10(5-6-15-12)11-8-14-9(2)13-11/h8,10H,4-7H2,1-3H3. The van der Waals surface area contributed by atoms with E-state index in [9.17, 15) is 0 Å². The Morgan fingerprint density at radius 2 is 2.40 bits per heavy atom. The van der Waals surface area contributed by atoms with Crippen molar-refractivity contribution in [2.24, 2.45) is 0 Å². The van der Waals surface area contributed by atoms with Crippen molar-refractivity contribution in [3.05, 3.63) is 16.1 Å². The molecular weight excluding hydrogens is 222 g/mol. The molecule has 0 saturated carbocycles. The van der Waals surface area contributed by atoms with Crippen molar-refractivity contribution in [3.63, 3.8) is 0 Å². The van der Waals surface area contributed by atoms with Gasteiger partial charge in [0, 0.05) is 16.0 Å². The summed E-state index contributed by atoms with van der Waals surface area (Å²) < 4.78 is 0.487. The van der Waals surface area contributed by atoms with Crippen LogP contribution >= 0.6 is 23.1 Å². The van der Waals surface area contributed by atoms with Crippen molar-refractivity contribution in [1.29, 1.82) is 0 Å². The molecule has 1 fully saturated rings. The Morgan fingerprint density at radius 1 is 1.60 bits per heavy atom. The smallest absolute Gasteiger partial charge is 0.0897 e. The van der Waals surface area contributed by atoms with Gasteiger partial charge in [-0.2, -0.15) is 11.8 Å². The molecule has 0 radical (unpaired) electrons. The zero-order valence-electron chi connectivity index (χ0n) is 9.75. The van der Waals surface area contributed by atoms with E-state index in [2.05, 4.69) is 42.9 Å². The first-order valence-corrected chi connectivity index (χ1v) is 7.55. The van der Waals surface area contributed by atoms with Gasteiger partial charge in [0.2, 0.25) is 0 Å². The summed E-state index contributed by atoms with van der Waals surface area (Å²) in [6.45, 7) is 6.81. The van der Waals surface area contributed by atoms with Gasteiger partial charge in [-0.1, -0.05) is 13.8 Å². The summed E-state index contributed by atoms with van der Waals surface area (Å²) in [5.41, 5.74) is 1.34. The monoisotopic (exact) mass is 241 g/mol. The third kappa shape index (κ3) is 2.56. The van der Waals surface area contributed by atoms with Crippen molar-refractivity contribution >= 4 is 23.1 Å². The quantitative estimate of drug-likeness (QED) is 0.768. The molecule has 0 N–H and O–H groups in total. The molecule has 1 aromatic heterocycles. The van der Waals surface area contributed by atoms with Crippen molar-refractivity contribution in [2.45, 2.75) is 50.7 Å². The van der Waals surface area contributed by atoms with Crippen LogP contribution in [0.4, 0.5) is 0 Å². The van der Waals surface area contributed by atoms with Crippen LogP contribution in [0.1, 0.15) is 49.7 Å². The maximum absolute atomic E-state index is 4.64. The van der Waals surface area contributed by atoms with Gasteiger partial charge in [0.25, 0.3) is 0 Å². The van der Waals surface area contributed by atoms with Crippen molar-refractivity contribution < 1.29 is 0 Å². The highest BCUT2D eigenvalue weighted by Crippen LogP contribution is 2.45. The van der Waals surface area contributed by atoms with Crippen LogP contribution in [-0.4, -0.2) is 15.5 Å². The van der Waals surface area contributed by atoms with Gasteiger partial charge in [-0.05, 0) is 31.9 Å². The lowest BCUT2D eigenvalue weighted by atomic mass is 9.89. The topological polar surface area (TPSA) is 12.9 Å². The Morgan fingerprint density at radius 3 is 3.00 bits per heavy atom. The second-order valence-corrected chi connectivity index (χ2v) is 7.38. The molecule has 0 bridgehead atoms. The molecule has 0 aliphatic carbocycles. The van der Waals surface area contributed by atoms with E-state index in [-0.39, 0.29) is 0 Å². The zero-order valence-corrected chi connectivity index (χ0v) is 11.4. The van der Waals surface area contributed by atoms with E-state index in [0.717, 1.165) is 0 Å². The molecule has 0 amide bonds. The maximum Gasteiger partial charge on any atom is 0.0897 e. The molecule has 2 unspecified atom stereocenters. The molecule has 1 aromatic rings. The molecule has 2 heterocycles. The van der Waals surface area contributed by atoms with Gasteiger partial charge >= 0.3 is 0 Å². The first kappa shape index (κ1) is 11.5. The summed E-state index contributed by atoms with van der Waals surface area (Å²) in [4.78, 5) is 4.64. The Balaban J connectivity index is 2.11. The Bertz CT molecular complexity index is 334. The average Bonchev–Trinajstić information content (AvgIpc) is 2.65. The van der Waals surface area contributed by atoms with E-state index >= 15 is 0 Å². The van der Waals surface area contributed by atoms with Gasteiger partial charge in [0.15, 0.2) is 0 Å². The molecule has 0 spiro atoms. The number of thiazole rings is 1. The van der Waals surface area contributed by atoms with Crippen molar-refractivity contribution in [3.8, 4) is 0 Å². The molecule has 84 valence electrons. The Kier molecular flexibility index (Phi) is 3.41. The zero-order chi connectivity index (χ0) is 10.9. The number of aromatic nitrogens is 1. The molecular formula is C12H19NS2. The minimum atomic E-state index is 0.487. The normalized spacial score (nSPS) is 31.8. The van der Waals surface area contributed by atoms with Crippen LogP contribution in [0.5, 0.6) is 0 Å². The lowest BCUT2D eigenvalue weighted by Gasteiger charge is -2.36. The fourth-order valence-electron chi connectivity index (χ4n) is 2.20. The van der Waals surface area contributed by atoms with E-state index in [1.54, 1.807) is 11.3 Å². The minimum absolute atomic E-state index is 0.487. The second-order valence-electron chi connectivity index (χ2n) is 4.63. The molecule has 2 atom stereocenters. The average molecular weight is 241 g/mol. The summed E-state index contributed by atoms with van der Waals surface area (Å²) in [5, 5.41) is 3.47. The maximum atomic E-state index is 4.64. The van der Waals surface area contributed by atoms with Crippen molar-refractivity contribution in [1.82, 2.24) is 4.98 Å². The minimum Gasteiger partial charge on any atom is -0.246 e. The molecule has 15 heavy (non-hydrogen) atoms. The highest BCUT2D eigenvalue weighted by atomic mass is 32.2. The fourth-order valence-corrected chi connectivity index (χ4v) is 4.31. The molecule has 1 aliphatic heterocycles. The third-order valence-electron chi connectivity index (χ3n) is 3.40. The van der Waals surface area contributed by atoms with Crippen LogP contribution in [0.25, 0.3) is 0 Å². The largest absolute Gasteiger partial charge is 0.246 e. The lowest BCUT2D eigenvalue weighted by Crippen LogP contribution is -2.27. The van der Waals surface area contributed by atoms with Crippen molar-refractivity contribution in [2.75, 3.05) is 5.75 Å². The molecule has 3 heteroatoms. The highest BCUT2D eigenvalue weighted by molar-refractivity contribution is 8.00. The van der Waals surface area contributed by atoms with Crippen LogP contribution < -0.4 is 0 Å². The number of hydrogen-bond acceptors (Lipinski definition) is 3. The first-order valence-electron chi connectivity index (χ1n) is 5.69. The van der Waals surface area contributed by atoms with E-state index in [1.165, 1.54) is 35.7 Å². The number of thioether (sulfide) groups is 1. The van der Waals surface area contributed by atoms with Gasteiger partial charge < -0.3 is 0 Å². The summed E-state index contributed by atoms with van der Waals surface area (Å²) in [6, 6.07) is 0. The lowest BCUT2D eigenvalue weighted by molar-refractivity contribution is 0.463. The van der Waals surface area contributed by atoms with Gasteiger partial charge in [0.05, 0.1) is 10.7 Å². The second kappa shape index (κ2) is 4.46. The summed E-state index contributed by atoms with van der Waals surface area (Å²) >= 11 is 3.93. The van der Waals surface area contributed by atoms with E-state index in [4.69, 9.17) is 0 Å². The first-order chi connectivity index (χ1) is 7.13. The van der Waals surface area contributed by atoms with E-state index in [1.807, 2.05) is 0 Å². The number of hydrogen-bond donors (Lipinski definition) is 0. The molecule has 1 aliphatic rings. The highest BCUT2D eigenvalue weighted by Gasteiger charge is 2.32. The summed E-state index contributed by atoms with van der Waals surface area (Å²) in [7, 11) is 0. The van der Waals surface area contributed by atoms with E-state index in [0.29, 0.717) is 10.7 Å². The Labute approximate surface area is 101 Å². The van der Waals surface area contributed by atoms with E-state index < -0.39 is 0 Å². The summed E-state index contributed by atoms with van der Waals surface area (Å²) in [5.74, 6) is 2.01. The summed E-state index contributed by atoms with van der Waals surface area (Å²) in [6.07, 6.45) is 3.89. The van der Waals surface area contributed by atoms with Crippen LogP contribution in [0, 0.1) is 6.92 Å². The van der Waals surface area contributed by atoms with Gasteiger partial charge in [-0.15, -0.1) is 11.3 Å². The SMILES string of the molecule is CCC1(C)CC(c2csc(C)n2)CCS1. The number of rotatable bonds is 2.